The number of hydrogen-bond donors (Lipinski definition) is 0. The average Bonchev–Trinajstić information content (AvgIpc) is 2.08. The van der Waals surface area contributed by atoms with Crippen LogP contribution in [0.4, 0.5) is 22.0 Å². The summed E-state index contributed by atoms with van der Waals surface area (Å²) in [6.07, 6.45) is 0. The molecule has 1 aromatic carbocycles. The fourth-order valence-electron chi connectivity index (χ4n) is 0.585. The van der Waals surface area contributed by atoms with Crippen molar-refractivity contribution < 1.29 is 51.5 Å². The molecule has 13 heavy (non-hydrogen) atoms. The molecule has 0 aliphatic carbocycles. The molecule has 0 amide bonds. The van der Waals surface area contributed by atoms with Crippen molar-refractivity contribution in [1.82, 2.24) is 0 Å². The van der Waals surface area contributed by atoms with Gasteiger partial charge in [0.05, 0.1) is 0 Å². The van der Waals surface area contributed by atoms with E-state index < -0.39 is 34.0 Å². The summed E-state index contributed by atoms with van der Waals surface area (Å²) in [4.78, 5) is -1.29. The van der Waals surface area contributed by atoms with Crippen molar-refractivity contribution in [3.8, 4) is 0 Å². The molecule has 0 unspecified atom stereocenters. The van der Waals surface area contributed by atoms with E-state index in [0.717, 1.165) is 0 Å². The Hall–Kier alpha value is 0.0900. The summed E-state index contributed by atoms with van der Waals surface area (Å²) < 4.78 is 61.2. The Morgan fingerprint density at radius 1 is 0.615 bits per heavy atom. The van der Waals surface area contributed by atoms with Gasteiger partial charge in [0, 0.05) is 0 Å². The van der Waals surface area contributed by atoms with E-state index >= 15 is 0 Å². The van der Waals surface area contributed by atoms with Crippen molar-refractivity contribution in [2.24, 2.45) is 0 Å². The molecule has 0 spiro atoms. The Morgan fingerprint density at radius 2 is 0.846 bits per heavy atom. The molecule has 0 radical (unpaired) electrons. The third-order valence-electron chi connectivity index (χ3n) is 1.17. The minimum atomic E-state index is -2.20. The van der Waals surface area contributed by atoms with Crippen LogP contribution in [0.25, 0.3) is 0 Å². The topological polar surface area (TPSA) is 0 Å². The van der Waals surface area contributed by atoms with Gasteiger partial charge in [-0.15, -0.1) is 0 Å². The van der Waals surface area contributed by atoms with Crippen LogP contribution in [0.1, 0.15) is 0 Å². The van der Waals surface area contributed by atoms with E-state index in [2.05, 4.69) is 12.6 Å². The molecule has 0 bridgehead atoms. The maximum atomic E-state index is 12.3. The smallest absolute Gasteiger partial charge is 0.774 e. The van der Waals surface area contributed by atoms with E-state index in [1.165, 1.54) is 0 Å². The van der Waals surface area contributed by atoms with Crippen molar-refractivity contribution >= 4 is 12.6 Å². The van der Waals surface area contributed by atoms with E-state index in [1.54, 1.807) is 0 Å². The zero-order valence-corrected chi connectivity index (χ0v) is 9.11. The second-order valence-electron chi connectivity index (χ2n) is 1.90. The maximum absolute atomic E-state index is 12.3. The number of hydrogen-bond acceptors (Lipinski definition) is 1. The van der Waals surface area contributed by atoms with Crippen LogP contribution in [0, 0.1) is 29.1 Å². The van der Waals surface area contributed by atoms with Gasteiger partial charge in [0.15, 0.2) is 17.5 Å². The molecule has 0 saturated heterocycles. The van der Waals surface area contributed by atoms with Gasteiger partial charge in [0.25, 0.3) is 0 Å². The molecule has 0 atom stereocenters. The molecule has 0 saturated carbocycles. The van der Waals surface area contributed by atoms with Crippen LogP contribution >= 0.6 is 0 Å². The van der Waals surface area contributed by atoms with Gasteiger partial charge in [0.1, 0.15) is 11.6 Å². The van der Waals surface area contributed by atoms with Crippen LogP contribution in [0.2, 0.25) is 0 Å². The van der Waals surface area contributed by atoms with Gasteiger partial charge < -0.3 is 12.6 Å². The zero-order chi connectivity index (χ0) is 9.46. The second kappa shape index (κ2) is 4.54. The fourth-order valence-corrected chi connectivity index (χ4v) is 0.764. The van der Waals surface area contributed by atoms with Crippen molar-refractivity contribution in [3.05, 3.63) is 29.1 Å². The standard InChI is InChI=1S/C6HF5S.Na/c7-1-2(8)4(10)6(12)5(11)3(1)9;/h12H;/q;+1/p-1. The number of benzene rings is 1. The normalized spacial score (nSPS) is 9.62. The predicted octanol–water partition coefficient (Wildman–Crippen LogP) is -0.708. The molecule has 66 valence electrons. The van der Waals surface area contributed by atoms with Crippen LogP contribution in [-0.2, 0) is 12.6 Å². The van der Waals surface area contributed by atoms with Crippen LogP contribution in [0.5, 0.6) is 0 Å². The molecule has 0 nitrogen and oxygen atoms in total. The molecule has 0 N–H and O–H groups in total. The first-order valence-corrected chi connectivity index (χ1v) is 3.06. The molecule has 1 aromatic rings. The van der Waals surface area contributed by atoms with Gasteiger partial charge in [-0.05, 0) is 0 Å². The summed E-state index contributed by atoms with van der Waals surface area (Å²) in [7, 11) is 0. The first kappa shape index (κ1) is 13.1. The van der Waals surface area contributed by atoms with Gasteiger partial charge >= 0.3 is 29.6 Å². The molecule has 0 aliphatic heterocycles. The molecule has 0 aromatic heterocycles. The Bertz CT molecular complexity index is 235. The number of rotatable bonds is 0. The van der Waals surface area contributed by atoms with Crippen molar-refractivity contribution in [1.29, 1.82) is 0 Å². The van der Waals surface area contributed by atoms with E-state index in [4.69, 9.17) is 0 Å². The molecule has 1 rings (SSSR count). The SMILES string of the molecule is Fc1c(F)c(F)c([S-])c(F)c1F.[Na+]. The van der Waals surface area contributed by atoms with E-state index in [1.807, 2.05) is 0 Å². The largest absolute Gasteiger partial charge is 1.00 e. The average molecular weight is 222 g/mol. The maximum Gasteiger partial charge on any atom is 1.00 e. The zero-order valence-electron chi connectivity index (χ0n) is 6.30. The van der Waals surface area contributed by atoms with Gasteiger partial charge in [-0.25, -0.2) is 22.0 Å². The minimum absolute atomic E-state index is 0. The molecule has 7 heteroatoms. The molecule has 0 fully saturated rings. The van der Waals surface area contributed by atoms with E-state index in [0.29, 0.717) is 0 Å². The molecule has 0 heterocycles. The summed E-state index contributed by atoms with van der Waals surface area (Å²) in [5.74, 6) is -10.2. The predicted molar refractivity (Wildman–Crippen MR) is 31.9 cm³/mol. The van der Waals surface area contributed by atoms with Crippen LogP contribution in [0.3, 0.4) is 0 Å². The van der Waals surface area contributed by atoms with Crippen LogP contribution < -0.4 is 29.6 Å². The Labute approximate surface area is 97.8 Å². The summed E-state index contributed by atoms with van der Waals surface area (Å²) >= 11 is 3.93. The Balaban J connectivity index is 0.00000144. The Morgan fingerprint density at radius 3 is 1.15 bits per heavy atom. The number of halogens is 5. The molecular formula is C6F5NaS. The van der Waals surface area contributed by atoms with Gasteiger partial charge in [-0.3, -0.25) is 0 Å². The van der Waals surface area contributed by atoms with Gasteiger partial charge in [-0.1, -0.05) is 4.90 Å². The van der Waals surface area contributed by atoms with Crippen molar-refractivity contribution in [2.75, 3.05) is 0 Å². The summed E-state index contributed by atoms with van der Waals surface area (Å²) in [6, 6.07) is 0. The summed E-state index contributed by atoms with van der Waals surface area (Å²) in [6.45, 7) is 0. The van der Waals surface area contributed by atoms with Crippen LogP contribution in [0.15, 0.2) is 4.90 Å². The van der Waals surface area contributed by atoms with Crippen molar-refractivity contribution in [3.63, 3.8) is 0 Å². The minimum Gasteiger partial charge on any atom is -0.774 e. The van der Waals surface area contributed by atoms with Crippen molar-refractivity contribution in [2.45, 2.75) is 4.90 Å². The third-order valence-corrected chi connectivity index (χ3v) is 1.53. The third kappa shape index (κ3) is 2.12. The van der Waals surface area contributed by atoms with E-state index in [9.17, 15) is 22.0 Å². The summed E-state index contributed by atoms with van der Waals surface area (Å²) in [5, 5.41) is 0. The van der Waals surface area contributed by atoms with E-state index in [-0.39, 0.29) is 29.6 Å². The monoisotopic (exact) mass is 222 g/mol. The first-order valence-electron chi connectivity index (χ1n) is 2.65. The quantitative estimate of drug-likeness (QED) is 0.184. The van der Waals surface area contributed by atoms with Crippen LogP contribution in [-0.4, -0.2) is 0 Å². The van der Waals surface area contributed by atoms with Gasteiger partial charge in [0.2, 0.25) is 0 Å². The second-order valence-corrected chi connectivity index (χ2v) is 2.31. The fraction of sp³-hybridized carbons (Fsp3) is 0. The molecule has 0 aliphatic rings. The summed E-state index contributed by atoms with van der Waals surface area (Å²) in [5.41, 5.74) is 0. The van der Waals surface area contributed by atoms with Gasteiger partial charge in [-0.2, -0.15) is 0 Å². The Kier molecular flexibility index (Phi) is 4.58. The molecular weight excluding hydrogens is 222 g/mol. The first-order chi connectivity index (χ1) is 5.46.